The fourth-order valence-electron chi connectivity index (χ4n) is 1.70. The highest BCUT2D eigenvalue weighted by molar-refractivity contribution is 5.59. The molecule has 1 aromatic carbocycles. The van der Waals surface area contributed by atoms with E-state index in [1.165, 1.54) is 37.4 Å². The summed E-state index contributed by atoms with van der Waals surface area (Å²) in [4.78, 5) is 14.3. The predicted octanol–water partition coefficient (Wildman–Crippen LogP) is 3.19. The Balaban J connectivity index is 2.26. The summed E-state index contributed by atoms with van der Waals surface area (Å²) in [7, 11) is 1.37. The number of hydrogen-bond donors (Lipinski definition) is 1. The van der Waals surface area contributed by atoms with Gasteiger partial charge in [0.05, 0.1) is 12.0 Å². The summed E-state index contributed by atoms with van der Waals surface area (Å²) in [5.41, 5.74) is 0.824. The van der Waals surface area contributed by atoms with Gasteiger partial charge < -0.3 is 10.1 Å². The van der Waals surface area contributed by atoms with Crippen LogP contribution in [0.4, 0.5) is 21.6 Å². The maximum atomic E-state index is 13.3. The molecule has 0 atom stereocenters. The fourth-order valence-corrected chi connectivity index (χ4v) is 1.70. The maximum Gasteiger partial charge on any atom is 0.290 e. The summed E-state index contributed by atoms with van der Waals surface area (Å²) in [5, 5.41) is 13.6. The van der Waals surface area contributed by atoms with Gasteiger partial charge >= 0.3 is 0 Å². The minimum absolute atomic E-state index is 0.0489. The molecule has 0 spiro atoms. The maximum absolute atomic E-state index is 13.3. The highest BCUT2D eigenvalue weighted by Crippen LogP contribution is 2.25. The lowest BCUT2D eigenvalue weighted by Crippen LogP contribution is -1.99. The Hall–Kier alpha value is -2.70. The highest BCUT2D eigenvalue weighted by atomic mass is 19.1. The van der Waals surface area contributed by atoms with E-state index >= 15 is 0 Å². The standard InChI is InChI=1S/C13H12FN3O3/c1-8-11(17(18)19)5-6-13(15-8)16-9-3-4-10(14)12(7-9)20-2/h3-7H,1-2H3,(H,15,16). The molecule has 7 heteroatoms. The minimum Gasteiger partial charge on any atom is -0.494 e. The van der Waals surface area contributed by atoms with Gasteiger partial charge in [-0.25, -0.2) is 9.37 Å². The van der Waals surface area contributed by atoms with Crippen LogP contribution in [0, 0.1) is 22.9 Å². The summed E-state index contributed by atoms with van der Waals surface area (Å²) in [6.07, 6.45) is 0. The number of hydrogen-bond acceptors (Lipinski definition) is 5. The normalized spacial score (nSPS) is 10.2. The third kappa shape index (κ3) is 2.82. The van der Waals surface area contributed by atoms with Gasteiger partial charge in [0.25, 0.3) is 5.69 Å². The van der Waals surface area contributed by atoms with Crippen LogP contribution in [0.5, 0.6) is 5.75 Å². The van der Waals surface area contributed by atoms with Crippen molar-refractivity contribution in [2.24, 2.45) is 0 Å². The van der Waals surface area contributed by atoms with E-state index in [0.29, 0.717) is 17.2 Å². The Bertz CT molecular complexity index is 661. The number of pyridine rings is 1. The zero-order valence-electron chi connectivity index (χ0n) is 10.9. The van der Waals surface area contributed by atoms with Crippen LogP contribution in [-0.2, 0) is 0 Å². The molecule has 0 saturated heterocycles. The van der Waals surface area contributed by atoms with Crippen molar-refractivity contribution in [2.75, 3.05) is 12.4 Å². The van der Waals surface area contributed by atoms with Crippen molar-refractivity contribution in [1.29, 1.82) is 0 Å². The molecule has 0 aliphatic heterocycles. The van der Waals surface area contributed by atoms with Gasteiger partial charge in [0, 0.05) is 17.8 Å². The Morgan fingerprint density at radius 3 is 2.70 bits per heavy atom. The van der Waals surface area contributed by atoms with Crippen molar-refractivity contribution in [3.8, 4) is 5.75 Å². The van der Waals surface area contributed by atoms with E-state index < -0.39 is 10.7 Å². The molecule has 1 heterocycles. The zero-order valence-corrected chi connectivity index (χ0v) is 10.9. The SMILES string of the molecule is COc1cc(Nc2ccc([N+](=O)[O-])c(C)n2)ccc1F. The molecule has 0 aliphatic carbocycles. The summed E-state index contributed by atoms with van der Waals surface area (Å²) < 4.78 is 18.1. The van der Waals surface area contributed by atoms with Crippen molar-refractivity contribution in [3.63, 3.8) is 0 Å². The van der Waals surface area contributed by atoms with Crippen molar-refractivity contribution in [3.05, 3.63) is 52.0 Å². The number of nitro groups is 1. The lowest BCUT2D eigenvalue weighted by atomic mass is 10.2. The summed E-state index contributed by atoms with van der Waals surface area (Å²) in [5.74, 6) is 0.0706. The van der Waals surface area contributed by atoms with Crippen LogP contribution in [0.15, 0.2) is 30.3 Å². The molecule has 20 heavy (non-hydrogen) atoms. The summed E-state index contributed by atoms with van der Waals surface area (Å²) >= 11 is 0. The van der Waals surface area contributed by atoms with E-state index in [1.54, 1.807) is 6.92 Å². The van der Waals surface area contributed by atoms with Crippen molar-refractivity contribution < 1.29 is 14.1 Å². The smallest absolute Gasteiger partial charge is 0.290 e. The minimum atomic E-state index is -0.493. The molecule has 2 rings (SSSR count). The number of nitrogens with one attached hydrogen (secondary N) is 1. The van der Waals surface area contributed by atoms with Gasteiger partial charge in [0.2, 0.25) is 0 Å². The van der Waals surface area contributed by atoms with E-state index in [0.717, 1.165) is 0 Å². The first-order chi connectivity index (χ1) is 9.51. The number of nitrogens with zero attached hydrogens (tertiary/aromatic N) is 2. The first-order valence-corrected chi connectivity index (χ1v) is 5.74. The Labute approximate surface area is 114 Å². The molecular formula is C13H12FN3O3. The second-order valence-electron chi connectivity index (χ2n) is 4.03. The molecule has 1 N–H and O–H groups in total. The third-order valence-corrected chi connectivity index (χ3v) is 2.68. The summed E-state index contributed by atoms with van der Waals surface area (Å²) in [6.45, 7) is 1.55. The lowest BCUT2D eigenvalue weighted by Gasteiger charge is -2.08. The first kappa shape index (κ1) is 13.7. The van der Waals surface area contributed by atoms with Crippen LogP contribution in [0.3, 0.4) is 0 Å². The first-order valence-electron chi connectivity index (χ1n) is 5.74. The van der Waals surface area contributed by atoms with Crippen LogP contribution in [0.2, 0.25) is 0 Å². The number of rotatable bonds is 4. The molecule has 1 aromatic heterocycles. The molecular weight excluding hydrogens is 265 g/mol. The zero-order chi connectivity index (χ0) is 14.7. The van der Waals surface area contributed by atoms with Crippen molar-refractivity contribution >= 4 is 17.2 Å². The van der Waals surface area contributed by atoms with Crippen LogP contribution in [-0.4, -0.2) is 17.0 Å². The van der Waals surface area contributed by atoms with Gasteiger partial charge in [-0.15, -0.1) is 0 Å². The number of anilines is 2. The monoisotopic (exact) mass is 277 g/mol. The van der Waals surface area contributed by atoms with Gasteiger partial charge in [0.15, 0.2) is 11.6 Å². The van der Waals surface area contributed by atoms with Gasteiger partial charge in [-0.05, 0) is 25.1 Å². The van der Waals surface area contributed by atoms with Crippen molar-refractivity contribution in [1.82, 2.24) is 4.98 Å². The largest absolute Gasteiger partial charge is 0.494 e. The Morgan fingerprint density at radius 1 is 1.35 bits per heavy atom. The molecule has 0 fully saturated rings. The molecule has 2 aromatic rings. The number of aryl methyl sites for hydroxylation is 1. The Morgan fingerprint density at radius 2 is 2.10 bits per heavy atom. The topological polar surface area (TPSA) is 77.3 Å². The van der Waals surface area contributed by atoms with E-state index in [4.69, 9.17) is 4.74 Å². The molecule has 0 aliphatic rings. The van der Waals surface area contributed by atoms with Crippen LogP contribution in [0.1, 0.15) is 5.69 Å². The van der Waals surface area contributed by atoms with Gasteiger partial charge in [0.1, 0.15) is 11.5 Å². The van der Waals surface area contributed by atoms with E-state index in [9.17, 15) is 14.5 Å². The van der Waals surface area contributed by atoms with Crippen LogP contribution < -0.4 is 10.1 Å². The molecule has 0 unspecified atom stereocenters. The molecule has 0 saturated carbocycles. The average molecular weight is 277 g/mol. The van der Waals surface area contributed by atoms with Gasteiger partial charge in [-0.2, -0.15) is 0 Å². The number of methoxy groups -OCH3 is 1. The number of benzene rings is 1. The molecule has 0 amide bonds. The second kappa shape index (κ2) is 5.52. The average Bonchev–Trinajstić information content (AvgIpc) is 2.40. The van der Waals surface area contributed by atoms with E-state index in [1.807, 2.05) is 0 Å². The van der Waals surface area contributed by atoms with E-state index in [-0.39, 0.29) is 11.4 Å². The summed E-state index contributed by atoms with van der Waals surface area (Å²) in [6, 6.07) is 7.12. The quantitative estimate of drug-likeness (QED) is 0.686. The predicted molar refractivity (Wildman–Crippen MR) is 71.9 cm³/mol. The molecule has 6 nitrogen and oxygen atoms in total. The molecule has 0 radical (unpaired) electrons. The number of ether oxygens (including phenoxy) is 1. The van der Waals surface area contributed by atoms with Crippen molar-refractivity contribution in [2.45, 2.75) is 6.92 Å². The van der Waals surface area contributed by atoms with E-state index in [2.05, 4.69) is 10.3 Å². The second-order valence-corrected chi connectivity index (χ2v) is 4.03. The molecule has 104 valence electrons. The lowest BCUT2D eigenvalue weighted by molar-refractivity contribution is -0.385. The fraction of sp³-hybridized carbons (Fsp3) is 0.154. The molecule has 0 bridgehead atoms. The third-order valence-electron chi connectivity index (χ3n) is 2.68. The van der Waals surface area contributed by atoms with Gasteiger partial charge in [-0.3, -0.25) is 10.1 Å². The van der Waals surface area contributed by atoms with Crippen LogP contribution >= 0.6 is 0 Å². The number of aromatic nitrogens is 1. The number of halogens is 1. The van der Waals surface area contributed by atoms with Crippen LogP contribution in [0.25, 0.3) is 0 Å². The van der Waals surface area contributed by atoms with Gasteiger partial charge in [-0.1, -0.05) is 0 Å². The highest BCUT2D eigenvalue weighted by Gasteiger charge is 2.12. The Kier molecular flexibility index (Phi) is 3.79.